The van der Waals surface area contributed by atoms with Crippen molar-refractivity contribution >= 4 is 0 Å². The first-order valence-electron chi connectivity index (χ1n) is 9.16. The second-order valence-corrected chi connectivity index (χ2v) is 6.80. The molecular weight excluding hydrogens is 288 g/mol. The molecule has 23 heavy (non-hydrogen) atoms. The molecule has 0 aliphatic carbocycles. The molecule has 0 bridgehead atoms. The molecule has 0 aromatic heterocycles. The number of aliphatic hydroxyl groups excluding tert-OH is 1. The summed E-state index contributed by atoms with van der Waals surface area (Å²) in [6.07, 6.45) is 7.53. The van der Waals surface area contributed by atoms with E-state index < -0.39 is 0 Å². The minimum Gasteiger partial charge on any atom is -0.396 e. The van der Waals surface area contributed by atoms with E-state index in [9.17, 15) is 5.11 Å². The fourth-order valence-electron chi connectivity index (χ4n) is 3.29. The lowest BCUT2D eigenvalue weighted by Gasteiger charge is -2.23. The number of aliphatic hydroxyl groups is 1. The van der Waals surface area contributed by atoms with Gasteiger partial charge in [0, 0.05) is 18.9 Å². The zero-order valence-corrected chi connectivity index (χ0v) is 14.6. The summed E-state index contributed by atoms with van der Waals surface area (Å²) in [5.41, 5.74) is 1.19. The zero-order chi connectivity index (χ0) is 16.5. The highest BCUT2D eigenvalue weighted by molar-refractivity contribution is 5.13. The van der Waals surface area contributed by atoms with E-state index in [2.05, 4.69) is 19.1 Å². The predicted molar refractivity (Wildman–Crippen MR) is 93.3 cm³/mol. The molecule has 1 aliphatic heterocycles. The van der Waals surface area contributed by atoms with E-state index in [4.69, 9.17) is 9.47 Å². The van der Waals surface area contributed by atoms with Gasteiger partial charge in [0.05, 0.1) is 24.9 Å². The van der Waals surface area contributed by atoms with E-state index in [1.54, 1.807) is 0 Å². The lowest BCUT2D eigenvalue weighted by atomic mass is 9.99. The first-order valence-corrected chi connectivity index (χ1v) is 9.16. The summed E-state index contributed by atoms with van der Waals surface area (Å²) in [6.45, 7) is 5.05. The first-order chi connectivity index (χ1) is 11.2. The molecule has 1 N–H and O–H groups in total. The Balaban J connectivity index is 1.84. The summed E-state index contributed by atoms with van der Waals surface area (Å²) in [6, 6.07) is 10.3. The van der Waals surface area contributed by atoms with E-state index in [-0.39, 0.29) is 30.8 Å². The summed E-state index contributed by atoms with van der Waals surface area (Å²) in [5, 5.41) is 9.49. The number of benzene rings is 1. The van der Waals surface area contributed by atoms with Crippen LogP contribution in [0.3, 0.4) is 0 Å². The highest BCUT2D eigenvalue weighted by atomic mass is 16.6. The van der Waals surface area contributed by atoms with Gasteiger partial charge in [-0.05, 0) is 12.0 Å². The van der Waals surface area contributed by atoms with Crippen molar-refractivity contribution in [1.82, 2.24) is 0 Å². The fraction of sp³-hybridized carbons (Fsp3) is 0.700. The second kappa shape index (κ2) is 10.1. The van der Waals surface area contributed by atoms with E-state index in [0.29, 0.717) is 6.61 Å². The summed E-state index contributed by atoms with van der Waals surface area (Å²) < 4.78 is 12.4. The molecule has 2 rings (SSSR count). The third-order valence-corrected chi connectivity index (χ3v) is 4.75. The van der Waals surface area contributed by atoms with Gasteiger partial charge in [-0.1, -0.05) is 69.9 Å². The maximum absolute atomic E-state index is 9.49. The highest BCUT2D eigenvalue weighted by Crippen LogP contribution is 2.31. The van der Waals surface area contributed by atoms with Crippen molar-refractivity contribution in [3.8, 4) is 0 Å². The van der Waals surface area contributed by atoms with Crippen molar-refractivity contribution in [2.24, 2.45) is 5.92 Å². The Hall–Kier alpha value is -0.900. The number of unbranched alkanes of at least 4 members (excludes halogenated alkanes) is 3. The third-order valence-electron chi connectivity index (χ3n) is 4.75. The standard InChI is InChI=1S/C20H32O3/c1-3-4-5-9-12-18-13-19(20(23-18)16(2)14-21)22-15-17-10-7-6-8-11-17/h6-8,10-11,16,18-21H,3-5,9,12-15H2,1-2H3/t16-,18-,19-,20+/m0/s1. The van der Waals surface area contributed by atoms with E-state index in [1.807, 2.05) is 25.1 Å². The molecule has 3 heteroatoms. The maximum Gasteiger partial charge on any atom is 0.0888 e. The number of rotatable bonds is 10. The molecule has 1 aromatic rings. The van der Waals surface area contributed by atoms with Crippen molar-refractivity contribution in [2.75, 3.05) is 6.61 Å². The molecular formula is C20H32O3. The fourth-order valence-corrected chi connectivity index (χ4v) is 3.29. The quantitative estimate of drug-likeness (QED) is 0.652. The largest absolute Gasteiger partial charge is 0.396 e. The van der Waals surface area contributed by atoms with Gasteiger partial charge >= 0.3 is 0 Å². The summed E-state index contributed by atoms with van der Waals surface area (Å²) in [7, 11) is 0. The van der Waals surface area contributed by atoms with Crippen LogP contribution in [0.2, 0.25) is 0 Å². The molecule has 1 heterocycles. The zero-order valence-electron chi connectivity index (χ0n) is 14.6. The lowest BCUT2D eigenvalue weighted by Crippen LogP contribution is -2.32. The Morgan fingerprint density at radius 3 is 2.70 bits per heavy atom. The molecule has 4 atom stereocenters. The van der Waals surface area contributed by atoms with Gasteiger partial charge in [0.1, 0.15) is 0 Å². The molecule has 3 nitrogen and oxygen atoms in total. The average Bonchev–Trinajstić information content (AvgIpc) is 3.00. The van der Waals surface area contributed by atoms with Crippen LogP contribution in [-0.4, -0.2) is 30.0 Å². The minimum absolute atomic E-state index is 0.0138. The normalized spacial score (nSPS) is 25.6. The SMILES string of the molecule is CCCCCC[C@H]1C[C@H](OCc2ccccc2)[C@@H]([C@@H](C)CO)O1. The Morgan fingerprint density at radius 2 is 2.00 bits per heavy atom. The van der Waals surface area contributed by atoms with Crippen LogP contribution in [-0.2, 0) is 16.1 Å². The van der Waals surface area contributed by atoms with E-state index in [0.717, 1.165) is 12.8 Å². The van der Waals surface area contributed by atoms with Gasteiger partial charge in [-0.15, -0.1) is 0 Å². The van der Waals surface area contributed by atoms with E-state index in [1.165, 1.54) is 31.2 Å². The van der Waals surface area contributed by atoms with Crippen LogP contribution in [0.4, 0.5) is 0 Å². The van der Waals surface area contributed by atoms with Gasteiger partial charge in [0.25, 0.3) is 0 Å². The Kier molecular flexibility index (Phi) is 8.07. The molecule has 0 spiro atoms. The molecule has 0 amide bonds. The number of hydrogen-bond acceptors (Lipinski definition) is 3. The molecule has 130 valence electrons. The Labute approximate surface area is 141 Å². The number of hydrogen-bond donors (Lipinski definition) is 1. The molecule has 1 saturated heterocycles. The number of ether oxygens (including phenoxy) is 2. The first kappa shape index (κ1) is 18.4. The average molecular weight is 320 g/mol. The van der Waals surface area contributed by atoms with Crippen molar-refractivity contribution in [3.05, 3.63) is 35.9 Å². The van der Waals surface area contributed by atoms with Gasteiger partial charge in [-0.25, -0.2) is 0 Å². The van der Waals surface area contributed by atoms with Crippen LogP contribution in [0.5, 0.6) is 0 Å². The van der Waals surface area contributed by atoms with Gasteiger partial charge in [-0.3, -0.25) is 0 Å². The van der Waals surface area contributed by atoms with Crippen LogP contribution >= 0.6 is 0 Å². The molecule has 1 aliphatic rings. The smallest absolute Gasteiger partial charge is 0.0888 e. The van der Waals surface area contributed by atoms with Crippen molar-refractivity contribution in [1.29, 1.82) is 0 Å². The Bertz CT molecular complexity index is 420. The van der Waals surface area contributed by atoms with Gasteiger partial charge < -0.3 is 14.6 Å². The molecule has 1 aromatic carbocycles. The van der Waals surface area contributed by atoms with Crippen molar-refractivity contribution in [2.45, 2.75) is 77.3 Å². The van der Waals surface area contributed by atoms with Crippen LogP contribution in [0.25, 0.3) is 0 Å². The van der Waals surface area contributed by atoms with Gasteiger partial charge in [-0.2, -0.15) is 0 Å². The van der Waals surface area contributed by atoms with Gasteiger partial charge in [0.2, 0.25) is 0 Å². The maximum atomic E-state index is 9.49. The molecule has 0 saturated carbocycles. The molecule has 1 fully saturated rings. The topological polar surface area (TPSA) is 38.7 Å². The van der Waals surface area contributed by atoms with Crippen LogP contribution in [0.1, 0.15) is 57.9 Å². The summed E-state index contributed by atoms with van der Waals surface area (Å²) in [5.74, 6) is 0.122. The molecule has 0 unspecified atom stereocenters. The Morgan fingerprint density at radius 1 is 1.22 bits per heavy atom. The van der Waals surface area contributed by atoms with Crippen molar-refractivity contribution in [3.63, 3.8) is 0 Å². The summed E-state index contributed by atoms with van der Waals surface area (Å²) in [4.78, 5) is 0. The minimum atomic E-state index is 0.0138. The monoisotopic (exact) mass is 320 g/mol. The van der Waals surface area contributed by atoms with Crippen LogP contribution in [0, 0.1) is 5.92 Å². The summed E-state index contributed by atoms with van der Waals surface area (Å²) >= 11 is 0. The van der Waals surface area contributed by atoms with E-state index >= 15 is 0 Å². The third kappa shape index (κ3) is 5.91. The second-order valence-electron chi connectivity index (χ2n) is 6.80. The molecule has 0 radical (unpaired) electrons. The van der Waals surface area contributed by atoms with Crippen molar-refractivity contribution < 1.29 is 14.6 Å². The van der Waals surface area contributed by atoms with Crippen LogP contribution in [0.15, 0.2) is 30.3 Å². The lowest BCUT2D eigenvalue weighted by molar-refractivity contribution is -0.0636. The van der Waals surface area contributed by atoms with Crippen LogP contribution < -0.4 is 0 Å². The predicted octanol–water partition coefficient (Wildman–Crippen LogP) is 4.33. The highest BCUT2D eigenvalue weighted by Gasteiger charge is 2.38. The van der Waals surface area contributed by atoms with Gasteiger partial charge in [0.15, 0.2) is 0 Å².